The van der Waals surface area contributed by atoms with Gasteiger partial charge in [-0.1, -0.05) is 32.0 Å². The molecule has 0 saturated heterocycles. The Balaban J connectivity index is 1.95. The molecule has 0 amide bonds. The van der Waals surface area contributed by atoms with Gasteiger partial charge in [0.15, 0.2) is 0 Å². The van der Waals surface area contributed by atoms with Gasteiger partial charge in [-0.2, -0.15) is 0 Å². The summed E-state index contributed by atoms with van der Waals surface area (Å²) in [6.07, 6.45) is 3.10. The van der Waals surface area contributed by atoms with Crippen molar-refractivity contribution in [2.75, 3.05) is 6.54 Å². The smallest absolute Gasteiger partial charge is 0.137 e. The Morgan fingerprint density at radius 2 is 2.00 bits per heavy atom. The Bertz CT molecular complexity index is 585. The number of ketones is 1. The van der Waals surface area contributed by atoms with Gasteiger partial charge in [-0.15, -0.1) is 11.3 Å². The number of carbonyl (C=O) groups excluding carboxylic acids is 1. The van der Waals surface area contributed by atoms with E-state index in [1.54, 1.807) is 11.3 Å². The average molecular weight is 289 g/mol. The van der Waals surface area contributed by atoms with Gasteiger partial charge >= 0.3 is 0 Å². The monoisotopic (exact) mass is 289 g/mol. The standard InChI is InChI=1S/C17H23NOS/c1-17(2,9-10-18)8-7-14(19)11-13-12-20-16-6-4-3-5-15(13)16/h3-6,12H,7-11,18H2,1-2H3. The van der Waals surface area contributed by atoms with Crippen LogP contribution >= 0.6 is 11.3 Å². The minimum absolute atomic E-state index is 0.168. The summed E-state index contributed by atoms with van der Waals surface area (Å²) in [6.45, 7) is 5.07. The molecule has 0 fully saturated rings. The van der Waals surface area contributed by atoms with Crippen molar-refractivity contribution in [1.29, 1.82) is 0 Å². The molecule has 2 rings (SSSR count). The molecule has 0 spiro atoms. The molecule has 0 saturated carbocycles. The zero-order valence-electron chi connectivity index (χ0n) is 12.3. The molecule has 2 nitrogen and oxygen atoms in total. The van der Waals surface area contributed by atoms with Crippen LogP contribution in [-0.4, -0.2) is 12.3 Å². The van der Waals surface area contributed by atoms with Gasteiger partial charge in [-0.05, 0) is 47.2 Å². The summed E-state index contributed by atoms with van der Waals surface area (Å²) in [6, 6.07) is 8.29. The van der Waals surface area contributed by atoms with Crippen LogP contribution in [-0.2, 0) is 11.2 Å². The molecule has 3 heteroatoms. The second-order valence-corrected chi connectivity index (χ2v) is 7.09. The normalized spacial score (nSPS) is 11.9. The maximum atomic E-state index is 12.2. The predicted octanol–water partition coefficient (Wildman–Crippen LogP) is 4.17. The first kappa shape index (κ1) is 15.2. The third-order valence-corrected chi connectivity index (χ3v) is 4.86. The Labute approximate surface area is 125 Å². The third kappa shape index (κ3) is 3.90. The fourth-order valence-electron chi connectivity index (χ4n) is 2.46. The van der Waals surface area contributed by atoms with Crippen molar-refractivity contribution >= 4 is 27.2 Å². The van der Waals surface area contributed by atoms with Crippen molar-refractivity contribution < 1.29 is 4.79 Å². The van der Waals surface area contributed by atoms with E-state index in [0.717, 1.165) is 12.8 Å². The quantitative estimate of drug-likeness (QED) is 0.831. The van der Waals surface area contributed by atoms with E-state index in [9.17, 15) is 4.79 Å². The number of Topliss-reactive ketones (excluding diaryl/α,β-unsaturated/α-hetero) is 1. The van der Waals surface area contributed by atoms with Crippen LogP contribution in [0.5, 0.6) is 0 Å². The molecule has 20 heavy (non-hydrogen) atoms. The topological polar surface area (TPSA) is 43.1 Å². The van der Waals surface area contributed by atoms with Crippen LogP contribution in [0.25, 0.3) is 10.1 Å². The van der Waals surface area contributed by atoms with Gasteiger partial charge in [-0.25, -0.2) is 0 Å². The molecule has 0 atom stereocenters. The molecule has 1 aromatic carbocycles. The van der Waals surface area contributed by atoms with E-state index >= 15 is 0 Å². The Hall–Kier alpha value is -1.19. The Morgan fingerprint density at radius 1 is 1.25 bits per heavy atom. The maximum Gasteiger partial charge on any atom is 0.137 e. The minimum Gasteiger partial charge on any atom is -0.330 e. The number of rotatable bonds is 7. The van der Waals surface area contributed by atoms with Crippen molar-refractivity contribution in [1.82, 2.24) is 0 Å². The molecule has 1 heterocycles. The van der Waals surface area contributed by atoms with Crippen molar-refractivity contribution in [3.63, 3.8) is 0 Å². The molecule has 108 valence electrons. The lowest BCUT2D eigenvalue weighted by Gasteiger charge is -2.23. The highest BCUT2D eigenvalue weighted by molar-refractivity contribution is 7.17. The van der Waals surface area contributed by atoms with Gasteiger partial charge < -0.3 is 5.73 Å². The first-order valence-corrected chi connectivity index (χ1v) is 8.07. The lowest BCUT2D eigenvalue weighted by atomic mass is 9.83. The largest absolute Gasteiger partial charge is 0.330 e. The number of hydrogen-bond donors (Lipinski definition) is 1. The molecule has 2 N–H and O–H groups in total. The molecule has 0 bridgehead atoms. The summed E-state index contributed by atoms with van der Waals surface area (Å²) in [7, 11) is 0. The zero-order chi connectivity index (χ0) is 14.6. The summed E-state index contributed by atoms with van der Waals surface area (Å²) in [4.78, 5) is 12.2. The van der Waals surface area contributed by atoms with Crippen LogP contribution < -0.4 is 5.73 Å². The highest BCUT2D eigenvalue weighted by Crippen LogP contribution is 2.28. The molecule has 0 aliphatic heterocycles. The van der Waals surface area contributed by atoms with E-state index in [1.165, 1.54) is 15.6 Å². The number of nitrogens with two attached hydrogens (primary N) is 1. The number of carbonyl (C=O) groups is 1. The summed E-state index contributed by atoms with van der Waals surface area (Å²) in [5.74, 6) is 0.332. The highest BCUT2D eigenvalue weighted by Gasteiger charge is 2.18. The minimum atomic E-state index is 0.168. The van der Waals surface area contributed by atoms with Crippen LogP contribution in [0.1, 0.15) is 38.7 Å². The van der Waals surface area contributed by atoms with Gasteiger partial charge in [-0.3, -0.25) is 4.79 Å². The average Bonchev–Trinajstić information content (AvgIpc) is 2.80. The summed E-state index contributed by atoms with van der Waals surface area (Å²) < 4.78 is 1.26. The van der Waals surface area contributed by atoms with E-state index in [0.29, 0.717) is 25.2 Å². The van der Waals surface area contributed by atoms with Gasteiger partial charge in [0.1, 0.15) is 5.78 Å². The molecule has 0 radical (unpaired) electrons. The van der Waals surface area contributed by atoms with Gasteiger partial charge in [0.05, 0.1) is 0 Å². The number of thiophene rings is 1. The molecule has 2 aromatic rings. The highest BCUT2D eigenvalue weighted by atomic mass is 32.1. The van der Waals surface area contributed by atoms with E-state index in [4.69, 9.17) is 5.73 Å². The molecule has 0 aliphatic carbocycles. The summed E-state index contributed by atoms with van der Waals surface area (Å²) >= 11 is 1.72. The van der Waals surface area contributed by atoms with Crippen LogP contribution in [0.4, 0.5) is 0 Å². The van der Waals surface area contributed by atoms with E-state index < -0.39 is 0 Å². The SMILES string of the molecule is CC(C)(CCN)CCC(=O)Cc1csc2ccccc12. The van der Waals surface area contributed by atoms with Gasteiger partial charge in [0.25, 0.3) is 0 Å². The lowest BCUT2D eigenvalue weighted by molar-refractivity contribution is -0.119. The van der Waals surface area contributed by atoms with Crippen LogP contribution in [0.3, 0.4) is 0 Å². The van der Waals surface area contributed by atoms with Crippen molar-refractivity contribution in [3.05, 3.63) is 35.2 Å². The summed E-state index contributed by atoms with van der Waals surface area (Å²) in [5.41, 5.74) is 6.95. The second kappa shape index (κ2) is 6.51. The zero-order valence-corrected chi connectivity index (χ0v) is 13.1. The van der Waals surface area contributed by atoms with E-state index in [1.807, 2.05) is 12.1 Å². The number of fused-ring (bicyclic) bond motifs is 1. The summed E-state index contributed by atoms with van der Waals surface area (Å²) in [5, 5.41) is 3.35. The fraction of sp³-hybridized carbons (Fsp3) is 0.471. The Morgan fingerprint density at radius 3 is 2.75 bits per heavy atom. The fourth-order valence-corrected chi connectivity index (χ4v) is 3.43. The van der Waals surface area contributed by atoms with Crippen molar-refractivity contribution in [2.45, 2.75) is 39.5 Å². The van der Waals surface area contributed by atoms with Crippen LogP contribution in [0, 0.1) is 5.41 Å². The maximum absolute atomic E-state index is 12.2. The molecule has 0 unspecified atom stereocenters. The van der Waals surface area contributed by atoms with Gasteiger partial charge in [0, 0.05) is 17.5 Å². The first-order chi connectivity index (χ1) is 9.52. The predicted molar refractivity (Wildman–Crippen MR) is 87.2 cm³/mol. The molecular weight excluding hydrogens is 266 g/mol. The van der Waals surface area contributed by atoms with Crippen molar-refractivity contribution in [2.24, 2.45) is 11.1 Å². The number of benzene rings is 1. The Kier molecular flexibility index (Phi) is 4.95. The van der Waals surface area contributed by atoms with Crippen LogP contribution in [0.2, 0.25) is 0 Å². The van der Waals surface area contributed by atoms with Gasteiger partial charge in [0.2, 0.25) is 0 Å². The molecule has 0 aliphatic rings. The second-order valence-electron chi connectivity index (χ2n) is 6.18. The third-order valence-electron chi connectivity index (χ3n) is 3.85. The van der Waals surface area contributed by atoms with Crippen molar-refractivity contribution in [3.8, 4) is 0 Å². The first-order valence-electron chi connectivity index (χ1n) is 7.19. The molecule has 1 aromatic heterocycles. The van der Waals surface area contributed by atoms with Crippen LogP contribution in [0.15, 0.2) is 29.6 Å². The molecular formula is C17H23NOS. The number of hydrogen-bond acceptors (Lipinski definition) is 3. The van der Waals surface area contributed by atoms with E-state index in [2.05, 4.69) is 31.4 Å². The van der Waals surface area contributed by atoms with E-state index in [-0.39, 0.29) is 5.41 Å². The lowest BCUT2D eigenvalue weighted by Crippen LogP contribution is -2.18.